The predicted molar refractivity (Wildman–Crippen MR) is 306 cm³/mol. The second kappa shape index (κ2) is 58.1. The van der Waals surface area contributed by atoms with E-state index in [1.807, 2.05) is 12.2 Å². The summed E-state index contributed by atoms with van der Waals surface area (Å²) in [4.78, 5) is 38.1. The molecule has 0 aliphatic heterocycles. The van der Waals surface area contributed by atoms with Gasteiger partial charge in [0, 0.05) is 19.3 Å². The summed E-state index contributed by atoms with van der Waals surface area (Å²) < 4.78 is 16.7. The summed E-state index contributed by atoms with van der Waals surface area (Å²) in [6.45, 7) is 6.30. The Bertz CT molecular complexity index is 1550. The van der Waals surface area contributed by atoms with E-state index < -0.39 is 6.10 Å². The number of unbranched alkanes of at least 4 members (excludes halogenated alkanes) is 17. The van der Waals surface area contributed by atoms with E-state index in [-0.39, 0.29) is 44.0 Å². The van der Waals surface area contributed by atoms with Crippen LogP contribution in [0.3, 0.4) is 0 Å². The minimum absolute atomic E-state index is 0.126. The lowest BCUT2D eigenvalue weighted by molar-refractivity contribution is -0.166. The Morgan fingerprint density at radius 3 is 0.930 bits per heavy atom. The molecule has 0 heterocycles. The van der Waals surface area contributed by atoms with Crippen LogP contribution in [0, 0.1) is 0 Å². The van der Waals surface area contributed by atoms with E-state index in [9.17, 15) is 14.4 Å². The summed E-state index contributed by atoms with van der Waals surface area (Å²) in [5.74, 6) is -1.08. The second-order valence-corrected chi connectivity index (χ2v) is 18.4. The first-order valence-electron chi connectivity index (χ1n) is 28.7. The lowest BCUT2D eigenvalue weighted by Crippen LogP contribution is -2.30. The largest absolute Gasteiger partial charge is 0.462 e. The normalized spacial score (nSPS) is 13.1. The van der Waals surface area contributed by atoms with Gasteiger partial charge in [0.25, 0.3) is 0 Å². The van der Waals surface area contributed by atoms with E-state index in [4.69, 9.17) is 14.2 Å². The number of carbonyl (C=O) groups is 3. The quantitative estimate of drug-likeness (QED) is 0.0262. The van der Waals surface area contributed by atoms with Gasteiger partial charge in [-0.1, -0.05) is 257 Å². The van der Waals surface area contributed by atoms with E-state index in [1.54, 1.807) is 0 Å². The summed E-state index contributed by atoms with van der Waals surface area (Å²) in [7, 11) is 0. The molecule has 400 valence electrons. The van der Waals surface area contributed by atoms with Crippen LogP contribution < -0.4 is 0 Å². The molecule has 0 aromatic rings. The predicted octanol–water partition coefficient (Wildman–Crippen LogP) is 19.4. The molecule has 0 aliphatic carbocycles. The molecule has 0 fully saturated rings. The molecule has 0 saturated heterocycles. The number of carbonyl (C=O) groups excluding carboxylic acids is 3. The van der Waals surface area contributed by atoms with Crippen molar-refractivity contribution < 1.29 is 28.6 Å². The van der Waals surface area contributed by atoms with Crippen LogP contribution >= 0.6 is 0 Å². The Hall–Kier alpha value is -4.45. The molecule has 1 atom stereocenters. The highest BCUT2D eigenvalue weighted by Gasteiger charge is 2.19. The molecule has 0 aromatic heterocycles. The van der Waals surface area contributed by atoms with Gasteiger partial charge in [-0.3, -0.25) is 14.4 Å². The van der Waals surface area contributed by atoms with Crippen molar-refractivity contribution in [1.29, 1.82) is 0 Å². The van der Waals surface area contributed by atoms with Crippen molar-refractivity contribution >= 4 is 17.9 Å². The van der Waals surface area contributed by atoms with E-state index in [0.717, 1.165) is 96.3 Å². The minimum atomic E-state index is -0.842. The van der Waals surface area contributed by atoms with Gasteiger partial charge < -0.3 is 14.2 Å². The van der Waals surface area contributed by atoms with Crippen LogP contribution in [0.15, 0.2) is 134 Å². The summed E-state index contributed by atoms with van der Waals surface area (Å²) >= 11 is 0. The van der Waals surface area contributed by atoms with Gasteiger partial charge in [0.15, 0.2) is 6.10 Å². The van der Waals surface area contributed by atoms with E-state index in [1.165, 1.54) is 89.9 Å². The summed E-state index contributed by atoms with van der Waals surface area (Å²) in [6.07, 6.45) is 81.7. The maximum absolute atomic E-state index is 12.8. The lowest BCUT2D eigenvalue weighted by Gasteiger charge is -2.18. The minimum Gasteiger partial charge on any atom is -0.462 e. The van der Waals surface area contributed by atoms with Crippen molar-refractivity contribution in [2.45, 2.75) is 245 Å². The number of esters is 3. The molecular formula is C65H104O6. The molecule has 0 rings (SSSR count). The number of hydrogen-bond acceptors (Lipinski definition) is 6. The Morgan fingerprint density at radius 2 is 0.577 bits per heavy atom. The standard InChI is InChI=1S/C65H104O6/c1-4-7-10-13-16-19-22-25-28-31-32-35-37-40-43-46-49-52-55-58-64(67)70-61-62(71-65(68)59-56-53-50-47-44-41-38-34-30-27-24-21-18-15-12-9-6-3)60-69-63(66)57-54-51-48-45-42-39-36-33-29-26-23-20-17-14-11-8-5-2/h7,9-10,12,16,18-19,21,25,27-28,30,32,35,38,40-41,43,47,49-50,52,62H,4-6,8,11,13-15,17,20,22-24,26,29,31,33-34,36-37,39,42,44-46,48,51,53-61H2,1-3H3/b10-7-,12-9-,19-16-,21-18-,28-25-,30-27-,35-32-,41-38-,43-40-,50-47-,52-49-/t62-/m1/s1. The third kappa shape index (κ3) is 56.3. The summed E-state index contributed by atoms with van der Waals surface area (Å²) in [5, 5.41) is 0. The molecule has 0 bridgehead atoms. The van der Waals surface area contributed by atoms with Crippen LogP contribution in [0.1, 0.15) is 239 Å². The fourth-order valence-corrected chi connectivity index (χ4v) is 7.44. The van der Waals surface area contributed by atoms with Crippen molar-refractivity contribution in [1.82, 2.24) is 0 Å². The van der Waals surface area contributed by atoms with Crippen LogP contribution in [0.25, 0.3) is 0 Å². The van der Waals surface area contributed by atoms with Crippen LogP contribution in [-0.4, -0.2) is 37.2 Å². The SMILES string of the molecule is CC/C=C\C/C=C\C/C=C\C/C=C\C/C=C\C/C=C\CCC(=O)OC[C@@H](COC(=O)CCCCCCCCCCCCCCCCCCC)OC(=O)CCC/C=C\C/C=C\C/C=C\C/C=C\C/C=C\CC. The molecular weight excluding hydrogens is 877 g/mol. The van der Waals surface area contributed by atoms with Crippen LogP contribution in [-0.2, 0) is 28.6 Å². The molecule has 0 aliphatic rings. The van der Waals surface area contributed by atoms with E-state index >= 15 is 0 Å². The number of allylic oxidation sites excluding steroid dienone is 22. The highest BCUT2D eigenvalue weighted by molar-refractivity contribution is 5.71. The molecule has 71 heavy (non-hydrogen) atoms. The molecule has 6 heteroatoms. The van der Waals surface area contributed by atoms with Crippen molar-refractivity contribution in [3.05, 3.63) is 134 Å². The molecule has 6 nitrogen and oxygen atoms in total. The van der Waals surface area contributed by atoms with Gasteiger partial charge in [-0.05, 0) is 96.3 Å². The zero-order valence-corrected chi connectivity index (χ0v) is 45.7. The highest BCUT2D eigenvalue weighted by atomic mass is 16.6. The zero-order chi connectivity index (χ0) is 51.4. The third-order valence-corrected chi connectivity index (χ3v) is 11.7. The Balaban J connectivity index is 4.59. The van der Waals surface area contributed by atoms with Gasteiger partial charge in [-0.2, -0.15) is 0 Å². The smallest absolute Gasteiger partial charge is 0.306 e. The lowest BCUT2D eigenvalue weighted by atomic mass is 10.0. The van der Waals surface area contributed by atoms with Crippen molar-refractivity contribution in [3.8, 4) is 0 Å². The maximum atomic E-state index is 12.8. The Kier molecular flexibility index (Phi) is 54.5. The highest BCUT2D eigenvalue weighted by Crippen LogP contribution is 2.15. The third-order valence-electron chi connectivity index (χ3n) is 11.7. The first-order valence-corrected chi connectivity index (χ1v) is 28.7. The monoisotopic (exact) mass is 981 g/mol. The fraction of sp³-hybridized carbons (Fsp3) is 0.615. The molecule has 0 saturated carbocycles. The maximum Gasteiger partial charge on any atom is 0.306 e. The molecule has 0 radical (unpaired) electrons. The Morgan fingerprint density at radius 1 is 0.296 bits per heavy atom. The average molecular weight is 982 g/mol. The number of ether oxygens (including phenoxy) is 3. The zero-order valence-electron chi connectivity index (χ0n) is 45.7. The average Bonchev–Trinajstić information content (AvgIpc) is 3.37. The van der Waals surface area contributed by atoms with E-state index in [0.29, 0.717) is 19.3 Å². The molecule has 0 unspecified atom stereocenters. The van der Waals surface area contributed by atoms with E-state index in [2.05, 4.69) is 142 Å². The van der Waals surface area contributed by atoms with Gasteiger partial charge in [0.2, 0.25) is 0 Å². The van der Waals surface area contributed by atoms with Crippen molar-refractivity contribution in [2.75, 3.05) is 13.2 Å². The first kappa shape index (κ1) is 66.6. The molecule has 0 spiro atoms. The first-order chi connectivity index (χ1) is 35.0. The summed E-state index contributed by atoms with van der Waals surface area (Å²) in [6, 6.07) is 0. The van der Waals surface area contributed by atoms with Gasteiger partial charge in [-0.15, -0.1) is 0 Å². The van der Waals surface area contributed by atoms with Crippen LogP contribution in [0.5, 0.6) is 0 Å². The van der Waals surface area contributed by atoms with Crippen LogP contribution in [0.2, 0.25) is 0 Å². The van der Waals surface area contributed by atoms with Gasteiger partial charge in [0.1, 0.15) is 13.2 Å². The van der Waals surface area contributed by atoms with Gasteiger partial charge in [-0.25, -0.2) is 0 Å². The van der Waals surface area contributed by atoms with Crippen LogP contribution in [0.4, 0.5) is 0 Å². The van der Waals surface area contributed by atoms with Gasteiger partial charge >= 0.3 is 17.9 Å². The topological polar surface area (TPSA) is 78.9 Å². The van der Waals surface area contributed by atoms with Crippen molar-refractivity contribution in [2.24, 2.45) is 0 Å². The van der Waals surface area contributed by atoms with Crippen molar-refractivity contribution in [3.63, 3.8) is 0 Å². The molecule has 0 amide bonds. The molecule has 0 N–H and O–H groups in total. The fourth-order valence-electron chi connectivity index (χ4n) is 7.44. The molecule has 0 aromatic carbocycles. The number of hydrogen-bond donors (Lipinski definition) is 0. The van der Waals surface area contributed by atoms with Gasteiger partial charge in [0.05, 0.1) is 0 Å². The summed E-state index contributed by atoms with van der Waals surface area (Å²) in [5.41, 5.74) is 0. The Labute approximate surface area is 436 Å². The second-order valence-electron chi connectivity index (χ2n) is 18.4. The number of rotatable bonds is 50.